The maximum Gasteiger partial charge on any atom is 0.279 e. The molecule has 0 unspecified atom stereocenters. The molecule has 1 aromatic heterocycles. The molecule has 1 aromatic carbocycles. The van der Waals surface area contributed by atoms with E-state index in [9.17, 15) is 4.79 Å². The summed E-state index contributed by atoms with van der Waals surface area (Å²) in [5, 5.41) is 0. The molecule has 2 aromatic rings. The van der Waals surface area contributed by atoms with Gasteiger partial charge in [0.15, 0.2) is 4.80 Å². The van der Waals surface area contributed by atoms with Crippen LogP contribution in [0.15, 0.2) is 33.7 Å². The minimum absolute atomic E-state index is 0.179. The Morgan fingerprint density at radius 3 is 2.86 bits per heavy atom. The maximum atomic E-state index is 12.3. The van der Waals surface area contributed by atoms with Gasteiger partial charge in [-0.05, 0) is 50.8 Å². The number of hydrogen-bond donors (Lipinski definition) is 0. The van der Waals surface area contributed by atoms with Crippen LogP contribution in [0.2, 0.25) is 0 Å². The van der Waals surface area contributed by atoms with Crippen molar-refractivity contribution in [3.8, 4) is 0 Å². The molecule has 0 aliphatic heterocycles. The summed E-state index contributed by atoms with van der Waals surface area (Å²) in [4.78, 5) is 18.8. The van der Waals surface area contributed by atoms with Crippen molar-refractivity contribution >= 4 is 33.2 Å². The number of nitrogens with zero attached hydrogens (tertiary/aromatic N) is 2. The van der Waals surface area contributed by atoms with Gasteiger partial charge in [-0.15, -0.1) is 11.3 Å². The number of hydrogen-bond acceptors (Lipinski definition) is 2. The highest BCUT2D eigenvalue weighted by molar-refractivity contribution is 9.10. The van der Waals surface area contributed by atoms with Crippen molar-refractivity contribution in [3.63, 3.8) is 0 Å². The first kappa shape index (κ1) is 14.7. The fourth-order valence-electron chi connectivity index (χ4n) is 2.23. The summed E-state index contributed by atoms with van der Waals surface area (Å²) in [7, 11) is 0. The Hall–Kier alpha value is -1.20. The SMILES string of the molecule is Cc1s/c(=N\C(=O)c2cccc(Br)c2)n(CC2CC2)c1C. The van der Waals surface area contributed by atoms with E-state index in [1.54, 1.807) is 17.4 Å². The number of rotatable bonds is 3. The highest BCUT2D eigenvalue weighted by atomic mass is 79.9. The molecule has 0 N–H and O–H groups in total. The molecule has 3 rings (SSSR count). The van der Waals surface area contributed by atoms with Crippen molar-refractivity contribution in [2.75, 3.05) is 0 Å². The first-order valence-electron chi connectivity index (χ1n) is 7.06. The molecule has 0 saturated heterocycles. The van der Waals surface area contributed by atoms with Crippen molar-refractivity contribution in [1.82, 2.24) is 4.57 Å². The lowest BCUT2D eigenvalue weighted by atomic mass is 10.2. The lowest BCUT2D eigenvalue weighted by Crippen LogP contribution is -2.19. The molecular weight excluding hydrogens is 348 g/mol. The highest BCUT2D eigenvalue weighted by Gasteiger charge is 2.23. The van der Waals surface area contributed by atoms with E-state index >= 15 is 0 Å². The molecule has 5 heteroatoms. The number of halogens is 1. The summed E-state index contributed by atoms with van der Waals surface area (Å²) in [6.45, 7) is 5.18. The predicted octanol–water partition coefficient (Wildman–Crippen LogP) is 4.08. The Labute approximate surface area is 136 Å². The summed E-state index contributed by atoms with van der Waals surface area (Å²) < 4.78 is 3.10. The fraction of sp³-hybridized carbons (Fsp3) is 0.375. The highest BCUT2D eigenvalue weighted by Crippen LogP contribution is 2.31. The average molecular weight is 365 g/mol. The molecule has 1 fully saturated rings. The van der Waals surface area contributed by atoms with Gasteiger partial charge in [0.2, 0.25) is 0 Å². The molecule has 0 radical (unpaired) electrons. The third-order valence-corrected chi connectivity index (χ3v) is 5.39. The van der Waals surface area contributed by atoms with Gasteiger partial charge in [0.25, 0.3) is 5.91 Å². The van der Waals surface area contributed by atoms with Crippen LogP contribution in [0.1, 0.15) is 33.8 Å². The van der Waals surface area contributed by atoms with E-state index in [1.165, 1.54) is 23.4 Å². The van der Waals surface area contributed by atoms with Gasteiger partial charge in [0.1, 0.15) is 0 Å². The van der Waals surface area contributed by atoms with Crippen molar-refractivity contribution < 1.29 is 4.79 Å². The normalized spacial score (nSPS) is 15.5. The minimum Gasteiger partial charge on any atom is -0.320 e. The molecule has 1 heterocycles. The molecule has 3 nitrogen and oxygen atoms in total. The van der Waals surface area contributed by atoms with Crippen LogP contribution in [-0.4, -0.2) is 10.5 Å². The second-order valence-corrected chi connectivity index (χ2v) is 7.60. The number of aryl methyl sites for hydroxylation is 1. The van der Waals surface area contributed by atoms with Gasteiger partial charge in [0.05, 0.1) is 0 Å². The lowest BCUT2D eigenvalue weighted by Gasteiger charge is -2.04. The molecule has 110 valence electrons. The Balaban J connectivity index is 1.98. The van der Waals surface area contributed by atoms with Gasteiger partial charge in [-0.2, -0.15) is 4.99 Å². The number of amides is 1. The smallest absolute Gasteiger partial charge is 0.279 e. The van der Waals surface area contributed by atoms with Gasteiger partial charge in [-0.3, -0.25) is 4.79 Å². The van der Waals surface area contributed by atoms with E-state index in [0.29, 0.717) is 5.56 Å². The maximum absolute atomic E-state index is 12.3. The van der Waals surface area contributed by atoms with Crippen molar-refractivity contribution in [2.24, 2.45) is 10.9 Å². The summed E-state index contributed by atoms with van der Waals surface area (Å²) in [6, 6.07) is 7.37. The quantitative estimate of drug-likeness (QED) is 0.807. The van der Waals surface area contributed by atoms with Crippen molar-refractivity contribution in [1.29, 1.82) is 0 Å². The molecule has 1 saturated carbocycles. The summed E-state index contributed by atoms with van der Waals surface area (Å²) in [5.41, 5.74) is 1.85. The molecule has 0 spiro atoms. The monoisotopic (exact) mass is 364 g/mol. The number of aromatic nitrogens is 1. The predicted molar refractivity (Wildman–Crippen MR) is 88.5 cm³/mol. The van der Waals surface area contributed by atoms with Crippen molar-refractivity contribution in [2.45, 2.75) is 33.2 Å². The topological polar surface area (TPSA) is 34.4 Å². The first-order valence-corrected chi connectivity index (χ1v) is 8.67. The summed E-state index contributed by atoms with van der Waals surface area (Å²) >= 11 is 4.99. The molecule has 1 aliphatic carbocycles. The van der Waals surface area contributed by atoms with Gasteiger partial charge in [-0.25, -0.2) is 0 Å². The Bertz CT molecular complexity index is 756. The minimum atomic E-state index is -0.179. The van der Waals surface area contributed by atoms with E-state index in [1.807, 2.05) is 18.2 Å². The van der Waals surface area contributed by atoms with E-state index in [2.05, 4.69) is 39.3 Å². The lowest BCUT2D eigenvalue weighted by molar-refractivity contribution is 0.0997. The number of benzene rings is 1. The van der Waals surface area contributed by atoms with E-state index in [0.717, 1.165) is 21.7 Å². The van der Waals surface area contributed by atoms with Crippen LogP contribution in [0.5, 0.6) is 0 Å². The summed E-state index contributed by atoms with van der Waals surface area (Å²) in [5.74, 6) is 0.583. The van der Waals surface area contributed by atoms with Crippen LogP contribution in [0.25, 0.3) is 0 Å². The zero-order valence-electron chi connectivity index (χ0n) is 12.1. The zero-order valence-corrected chi connectivity index (χ0v) is 14.5. The van der Waals surface area contributed by atoms with Gasteiger partial charge >= 0.3 is 0 Å². The van der Waals surface area contributed by atoms with Gasteiger partial charge < -0.3 is 4.57 Å². The number of carbonyl (C=O) groups is 1. The standard InChI is InChI=1S/C16H17BrN2OS/c1-10-11(2)21-16(19(10)9-12-6-7-12)18-15(20)13-4-3-5-14(17)8-13/h3-5,8,12H,6-7,9H2,1-2H3/b18-16-. The van der Waals surface area contributed by atoms with Crippen LogP contribution in [0.4, 0.5) is 0 Å². The van der Waals surface area contributed by atoms with Crippen LogP contribution < -0.4 is 4.80 Å². The van der Waals surface area contributed by atoms with E-state index < -0.39 is 0 Å². The van der Waals surface area contributed by atoms with E-state index in [4.69, 9.17) is 0 Å². The molecule has 1 aliphatic rings. The Morgan fingerprint density at radius 2 is 2.19 bits per heavy atom. The number of thiazole rings is 1. The second kappa shape index (κ2) is 5.89. The van der Waals surface area contributed by atoms with Gasteiger partial charge in [0, 0.05) is 27.2 Å². The molecular formula is C16H17BrN2OS. The van der Waals surface area contributed by atoms with Crippen molar-refractivity contribution in [3.05, 3.63) is 49.7 Å². The zero-order chi connectivity index (χ0) is 15.0. The molecule has 0 bridgehead atoms. The summed E-state index contributed by atoms with van der Waals surface area (Å²) in [6.07, 6.45) is 2.58. The third kappa shape index (κ3) is 3.35. The number of carbonyl (C=O) groups excluding carboxylic acids is 1. The molecule has 0 atom stereocenters. The largest absolute Gasteiger partial charge is 0.320 e. The molecule has 21 heavy (non-hydrogen) atoms. The third-order valence-electron chi connectivity index (χ3n) is 3.80. The van der Waals surface area contributed by atoms with E-state index in [-0.39, 0.29) is 5.91 Å². The van der Waals surface area contributed by atoms with Crippen LogP contribution in [-0.2, 0) is 6.54 Å². The second-order valence-electron chi connectivity index (χ2n) is 5.51. The Morgan fingerprint density at radius 1 is 1.43 bits per heavy atom. The average Bonchev–Trinajstić information content (AvgIpc) is 3.23. The molecule has 1 amide bonds. The van der Waals surface area contributed by atoms with Crippen LogP contribution in [0.3, 0.4) is 0 Å². The van der Waals surface area contributed by atoms with Crippen LogP contribution >= 0.6 is 27.3 Å². The Kier molecular flexibility index (Phi) is 4.13. The fourth-order valence-corrected chi connectivity index (χ4v) is 3.61. The first-order chi connectivity index (χ1) is 10.0. The van der Waals surface area contributed by atoms with Gasteiger partial charge in [-0.1, -0.05) is 22.0 Å². The van der Waals surface area contributed by atoms with Crippen LogP contribution in [0, 0.1) is 19.8 Å².